The molecule has 0 aromatic heterocycles. The van der Waals surface area contributed by atoms with Gasteiger partial charge in [0.25, 0.3) is 5.91 Å². The highest BCUT2D eigenvalue weighted by molar-refractivity contribution is 6.42. The molecule has 0 spiro atoms. The second kappa shape index (κ2) is 5.94. The molecule has 0 radical (unpaired) electrons. The minimum absolute atomic E-state index is 0.160. The van der Waals surface area contributed by atoms with Gasteiger partial charge in [0.05, 0.1) is 16.8 Å². The third-order valence-electron chi connectivity index (χ3n) is 3.71. The van der Waals surface area contributed by atoms with Crippen LogP contribution in [0, 0.1) is 0 Å². The second-order valence-corrected chi connectivity index (χ2v) is 5.74. The van der Waals surface area contributed by atoms with Crippen LogP contribution in [0.5, 0.6) is 0 Å². The molecule has 120 valence electrons. The molecule has 1 N–H and O–H groups in total. The number of fused-ring (bicyclic) bond motifs is 1. The average molecular weight is 342 g/mol. The summed E-state index contributed by atoms with van der Waals surface area (Å²) in [6, 6.07) is 11.0. The van der Waals surface area contributed by atoms with Crippen molar-refractivity contribution in [2.45, 2.75) is 6.92 Å². The summed E-state index contributed by atoms with van der Waals surface area (Å²) in [5.41, 5.74) is 2.25. The molecular formula is C18H12ClNO4. The summed E-state index contributed by atoms with van der Waals surface area (Å²) in [6.45, 7) is 1.31. The van der Waals surface area contributed by atoms with Gasteiger partial charge < -0.3 is 5.11 Å². The summed E-state index contributed by atoms with van der Waals surface area (Å²) in [4.78, 5) is 36.4. The second-order valence-electron chi connectivity index (χ2n) is 5.31. The van der Waals surface area contributed by atoms with Crippen LogP contribution in [0.4, 0.5) is 5.69 Å². The number of carbonyl (C=O) groups excluding carboxylic acids is 2. The lowest BCUT2D eigenvalue weighted by Crippen LogP contribution is -2.31. The van der Waals surface area contributed by atoms with Crippen LogP contribution < -0.4 is 4.90 Å². The predicted octanol–water partition coefficient (Wildman–Crippen LogP) is 3.47. The molecule has 2 aromatic carbocycles. The lowest BCUT2D eigenvalue weighted by molar-refractivity contribution is -0.122. The summed E-state index contributed by atoms with van der Waals surface area (Å²) in [5.74, 6) is -1.84. The number of hydrogen-bond acceptors (Lipinski definition) is 3. The van der Waals surface area contributed by atoms with Crippen molar-refractivity contribution in [1.29, 1.82) is 0 Å². The van der Waals surface area contributed by atoms with Gasteiger partial charge in [0.1, 0.15) is 0 Å². The molecule has 2 aromatic rings. The number of hydrogen-bond donors (Lipinski definition) is 1. The van der Waals surface area contributed by atoms with Gasteiger partial charge in [-0.05, 0) is 35.9 Å². The van der Waals surface area contributed by atoms with Crippen molar-refractivity contribution in [3.05, 3.63) is 64.2 Å². The SMILES string of the molecule is CC(=O)N1C(=O)/C(=C/c2ccc(C(=O)O)cc2)c2ccc(Cl)cc21. The Morgan fingerprint density at radius 2 is 1.79 bits per heavy atom. The molecule has 1 aliphatic rings. The summed E-state index contributed by atoms with van der Waals surface area (Å²) in [5, 5.41) is 9.36. The van der Waals surface area contributed by atoms with Crippen molar-refractivity contribution < 1.29 is 19.5 Å². The van der Waals surface area contributed by atoms with Crippen LogP contribution in [-0.4, -0.2) is 22.9 Å². The normalized spacial score (nSPS) is 14.8. The van der Waals surface area contributed by atoms with E-state index < -0.39 is 17.8 Å². The highest BCUT2D eigenvalue weighted by Crippen LogP contribution is 2.39. The van der Waals surface area contributed by atoms with E-state index in [4.69, 9.17) is 16.7 Å². The van der Waals surface area contributed by atoms with Crippen molar-refractivity contribution >= 4 is 46.7 Å². The summed E-state index contributed by atoms with van der Waals surface area (Å²) < 4.78 is 0. The third kappa shape index (κ3) is 2.70. The Morgan fingerprint density at radius 3 is 2.38 bits per heavy atom. The topological polar surface area (TPSA) is 74.7 Å². The molecule has 6 heteroatoms. The number of halogens is 1. The number of carboxylic acids is 1. The van der Waals surface area contributed by atoms with Crippen LogP contribution in [0.15, 0.2) is 42.5 Å². The van der Waals surface area contributed by atoms with Gasteiger partial charge in [0.15, 0.2) is 0 Å². The third-order valence-corrected chi connectivity index (χ3v) is 3.94. The van der Waals surface area contributed by atoms with Gasteiger partial charge in [-0.15, -0.1) is 0 Å². The van der Waals surface area contributed by atoms with E-state index in [1.54, 1.807) is 36.4 Å². The fourth-order valence-electron chi connectivity index (χ4n) is 2.60. The Hall–Kier alpha value is -2.92. The van der Waals surface area contributed by atoms with Gasteiger partial charge in [-0.2, -0.15) is 0 Å². The highest BCUT2D eigenvalue weighted by atomic mass is 35.5. The molecule has 0 unspecified atom stereocenters. The Bertz CT molecular complexity index is 900. The molecule has 1 aliphatic heterocycles. The van der Waals surface area contributed by atoms with Crippen LogP contribution in [0.1, 0.15) is 28.4 Å². The predicted molar refractivity (Wildman–Crippen MR) is 90.9 cm³/mol. The van der Waals surface area contributed by atoms with Crippen molar-refractivity contribution in [3.63, 3.8) is 0 Å². The van der Waals surface area contributed by atoms with Crippen LogP contribution in [0.2, 0.25) is 5.02 Å². The number of anilines is 1. The molecule has 0 bridgehead atoms. The highest BCUT2D eigenvalue weighted by Gasteiger charge is 2.35. The molecule has 3 rings (SSSR count). The molecule has 0 aliphatic carbocycles. The summed E-state index contributed by atoms with van der Waals surface area (Å²) >= 11 is 5.97. The van der Waals surface area contributed by atoms with E-state index in [1.807, 2.05) is 0 Å². The number of rotatable bonds is 2. The van der Waals surface area contributed by atoms with Gasteiger partial charge in [-0.25, -0.2) is 9.69 Å². The maximum absolute atomic E-state index is 12.6. The fraction of sp³-hybridized carbons (Fsp3) is 0.0556. The van der Waals surface area contributed by atoms with Crippen molar-refractivity contribution in [3.8, 4) is 0 Å². The molecule has 24 heavy (non-hydrogen) atoms. The molecular weight excluding hydrogens is 330 g/mol. The first kappa shape index (κ1) is 16.0. The summed E-state index contributed by atoms with van der Waals surface area (Å²) in [7, 11) is 0. The number of amides is 2. The Kier molecular flexibility index (Phi) is 3.95. The quantitative estimate of drug-likeness (QED) is 0.849. The van der Waals surface area contributed by atoms with Crippen molar-refractivity contribution in [1.82, 2.24) is 0 Å². The standard InChI is InChI=1S/C18H12ClNO4/c1-10(21)20-16-9-13(19)6-7-14(16)15(17(20)22)8-11-2-4-12(5-3-11)18(23)24/h2-9H,1H3,(H,23,24)/b15-8+. The monoisotopic (exact) mass is 341 g/mol. The summed E-state index contributed by atoms with van der Waals surface area (Å²) in [6.07, 6.45) is 1.63. The molecule has 0 saturated carbocycles. The number of imide groups is 1. The first-order valence-corrected chi connectivity index (χ1v) is 7.46. The van der Waals surface area contributed by atoms with E-state index in [0.29, 0.717) is 27.4 Å². The van der Waals surface area contributed by atoms with E-state index in [2.05, 4.69) is 0 Å². The van der Waals surface area contributed by atoms with Gasteiger partial charge in [0.2, 0.25) is 5.91 Å². The van der Waals surface area contributed by atoms with Gasteiger partial charge in [-0.3, -0.25) is 9.59 Å². The maximum atomic E-state index is 12.6. The lowest BCUT2D eigenvalue weighted by atomic mass is 10.0. The molecule has 2 amide bonds. The zero-order chi connectivity index (χ0) is 17.4. The minimum atomic E-state index is -1.02. The van der Waals surface area contributed by atoms with Gasteiger partial charge in [0, 0.05) is 17.5 Å². The van der Waals surface area contributed by atoms with Crippen LogP contribution in [0.3, 0.4) is 0 Å². The lowest BCUT2D eigenvalue weighted by Gasteiger charge is -2.11. The smallest absolute Gasteiger partial charge is 0.335 e. The zero-order valence-corrected chi connectivity index (χ0v) is 13.4. The van der Waals surface area contributed by atoms with Crippen LogP contribution >= 0.6 is 11.6 Å². The number of aromatic carboxylic acids is 1. The number of nitrogens with zero attached hydrogens (tertiary/aromatic N) is 1. The Balaban J connectivity index is 2.09. The minimum Gasteiger partial charge on any atom is -0.478 e. The van der Waals surface area contributed by atoms with E-state index >= 15 is 0 Å². The maximum Gasteiger partial charge on any atom is 0.335 e. The number of carboxylic acid groups (broad SMARTS) is 1. The molecule has 5 nitrogen and oxygen atoms in total. The zero-order valence-electron chi connectivity index (χ0n) is 12.6. The first-order valence-electron chi connectivity index (χ1n) is 7.08. The van der Waals surface area contributed by atoms with Crippen LogP contribution in [-0.2, 0) is 9.59 Å². The van der Waals surface area contributed by atoms with Gasteiger partial charge in [-0.1, -0.05) is 29.8 Å². The number of benzene rings is 2. The number of carbonyl (C=O) groups is 3. The first-order chi connectivity index (χ1) is 11.4. The molecule has 0 atom stereocenters. The molecule has 0 fully saturated rings. The van der Waals surface area contributed by atoms with E-state index in [1.165, 1.54) is 19.1 Å². The van der Waals surface area contributed by atoms with Crippen LogP contribution in [0.25, 0.3) is 11.6 Å². The molecule has 1 heterocycles. The van der Waals surface area contributed by atoms with Crippen molar-refractivity contribution in [2.75, 3.05) is 4.90 Å². The van der Waals surface area contributed by atoms with E-state index in [0.717, 1.165) is 4.90 Å². The van der Waals surface area contributed by atoms with E-state index in [9.17, 15) is 14.4 Å². The Morgan fingerprint density at radius 1 is 1.12 bits per heavy atom. The fourth-order valence-corrected chi connectivity index (χ4v) is 2.77. The Labute approximate surface area is 142 Å². The molecule has 0 saturated heterocycles. The van der Waals surface area contributed by atoms with E-state index in [-0.39, 0.29) is 5.56 Å². The largest absolute Gasteiger partial charge is 0.478 e. The average Bonchev–Trinajstić information content (AvgIpc) is 2.79. The van der Waals surface area contributed by atoms with Gasteiger partial charge >= 0.3 is 5.97 Å². The van der Waals surface area contributed by atoms with Crippen molar-refractivity contribution in [2.24, 2.45) is 0 Å².